The molecule has 14 heteroatoms. The van der Waals surface area contributed by atoms with Crippen molar-refractivity contribution in [3.05, 3.63) is 70.2 Å². The van der Waals surface area contributed by atoms with Crippen molar-refractivity contribution in [2.75, 3.05) is 22.9 Å². The molecule has 2 fully saturated rings. The number of fused-ring (bicyclic) bond motifs is 1. The van der Waals surface area contributed by atoms with Crippen molar-refractivity contribution < 1.29 is 26.3 Å². The summed E-state index contributed by atoms with van der Waals surface area (Å²) in [6.45, 7) is 5.72. The van der Waals surface area contributed by atoms with Gasteiger partial charge in [-0.25, -0.2) is 19.6 Å². The van der Waals surface area contributed by atoms with E-state index in [-0.39, 0.29) is 36.2 Å². The van der Waals surface area contributed by atoms with E-state index in [2.05, 4.69) is 20.0 Å². The molecule has 3 heterocycles. The molecule has 2 aliphatic carbocycles. The zero-order chi connectivity index (χ0) is 32.8. The molecular weight excluding hydrogens is 610 g/mol. The number of anilines is 2. The molecule has 0 spiro atoms. The number of alkyl halides is 6. The Kier molecular flexibility index (Phi) is 8.29. The van der Waals surface area contributed by atoms with Crippen LogP contribution in [-0.4, -0.2) is 37.8 Å². The van der Waals surface area contributed by atoms with Gasteiger partial charge in [0.2, 0.25) is 5.95 Å². The molecule has 3 aromatic heterocycles. The van der Waals surface area contributed by atoms with Gasteiger partial charge < -0.3 is 9.80 Å². The van der Waals surface area contributed by atoms with Crippen molar-refractivity contribution in [1.29, 1.82) is 5.26 Å². The summed E-state index contributed by atoms with van der Waals surface area (Å²) in [5.74, 6) is 1.82. The Morgan fingerprint density at radius 1 is 0.870 bits per heavy atom. The summed E-state index contributed by atoms with van der Waals surface area (Å²) in [4.78, 5) is 17.5. The van der Waals surface area contributed by atoms with E-state index >= 15 is 0 Å². The Labute approximate surface area is 261 Å². The van der Waals surface area contributed by atoms with Crippen LogP contribution in [0.3, 0.4) is 0 Å². The number of halogens is 6. The predicted molar refractivity (Wildman–Crippen MR) is 159 cm³/mol. The molecule has 0 N–H and O–H groups in total. The molecule has 46 heavy (non-hydrogen) atoms. The number of nitriles is 1. The van der Waals surface area contributed by atoms with Crippen LogP contribution in [0.4, 0.5) is 38.1 Å². The number of aryl methyl sites for hydroxylation is 2. The van der Waals surface area contributed by atoms with Gasteiger partial charge in [-0.15, -0.1) is 0 Å². The maximum atomic E-state index is 13.7. The van der Waals surface area contributed by atoms with Crippen LogP contribution in [0.25, 0.3) is 11.0 Å². The number of hydrogen-bond acceptors (Lipinski definition) is 7. The Morgan fingerprint density at radius 3 is 1.96 bits per heavy atom. The van der Waals surface area contributed by atoms with E-state index in [9.17, 15) is 31.6 Å². The second-order valence-electron chi connectivity index (χ2n) is 12.2. The van der Waals surface area contributed by atoms with E-state index in [1.807, 2.05) is 30.7 Å². The molecule has 0 bridgehead atoms. The van der Waals surface area contributed by atoms with Crippen LogP contribution in [0, 0.1) is 30.1 Å². The fraction of sp³-hybridized carbons (Fsp3) is 0.469. The summed E-state index contributed by atoms with van der Waals surface area (Å²) in [5.41, 5.74) is -0.661. The van der Waals surface area contributed by atoms with E-state index in [0.29, 0.717) is 29.8 Å². The normalized spacial score (nSPS) is 15.3. The van der Waals surface area contributed by atoms with Crippen molar-refractivity contribution in [3.8, 4) is 6.07 Å². The van der Waals surface area contributed by atoms with Gasteiger partial charge in [0.1, 0.15) is 11.9 Å². The van der Waals surface area contributed by atoms with Crippen molar-refractivity contribution >= 4 is 22.8 Å². The third-order valence-electron chi connectivity index (χ3n) is 8.35. The molecule has 0 radical (unpaired) electrons. The number of nitrogens with zero attached hydrogens (tertiary/aromatic N) is 8. The molecule has 0 unspecified atom stereocenters. The number of rotatable bonds is 11. The van der Waals surface area contributed by atoms with Crippen LogP contribution < -0.4 is 9.80 Å². The van der Waals surface area contributed by atoms with Crippen molar-refractivity contribution in [2.24, 2.45) is 11.8 Å². The van der Waals surface area contributed by atoms with Crippen LogP contribution in [0.2, 0.25) is 0 Å². The Bertz CT molecular complexity index is 1720. The van der Waals surface area contributed by atoms with Gasteiger partial charge in [0.15, 0.2) is 5.65 Å². The van der Waals surface area contributed by atoms with Gasteiger partial charge in [0.25, 0.3) is 0 Å². The second kappa shape index (κ2) is 12.1. The highest BCUT2D eigenvalue weighted by atomic mass is 19.4. The Hall–Kier alpha value is -4.41. The average molecular weight is 643 g/mol. The minimum atomic E-state index is -4.99. The summed E-state index contributed by atoms with van der Waals surface area (Å²) in [7, 11) is 0. The van der Waals surface area contributed by atoms with Crippen LogP contribution >= 0.6 is 0 Å². The molecule has 6 rings (SSSR count). The minimum absolute atomic E-state index is 0.0321. The maximum Gasteiger partial charge on any atom is 0.416 e. The lowest BCUT2D eigenvalue weighted by atomic mass is 10.0. The minimum Gasteiger partial charge on any atom is -0.356 e. The molecule has 1 aromatic carbocycles. The van der Waals surface area contributed by atoms with Gasteiger partial charge in [-0.1, -0.05) is 0 Å². The molecule has 2 saturated carbocycles. The van der Waals surface area contributed by atoms with Crippen molar-refractivity contribution in [1.82, 2.24) is 24.7 Å². The lowest BCUT2D eigenvalue weighted by Gasteiger charge is -2.29. The first-order chi connectivity index (χ1) is 21.8. The molecule has 4 aromatic rings. The summed E-state index contributed by atoms with van der Waals surface area (Å²) in [5, 5.41) is 14.7. The first-order valence-electron chi connectivity index (χ1n) is 15.2. The van der Waals surface area contributed by atoms with E-state index in [4.69, 9.17) is 4.98 Å². The number of aromatic nitrogens is 5. The highest BCUT2D eigenvalue weighted by Crippen LogP contribution is 2.39. The standard InChI is InChI=1S/C32H32F6N8/c1-3-46-29-27(19(2)43-46)10-24(28(42-29)44(15-20-4-5-20)16-21-6-7-21)18-45(30-40-13-23(12-39)14-41-30)17-22-8-25(31(33,34)35)11-26(9-22)32(36,37)38/h8-11,13-14,20-21H,3-7,15-18H2,1-2H3. The SMILES string of the molecule is CCn1nc(C)c2cc(CN(Cc3cc(C(F)(F)F)cc(C(F)(F)F)c3)c3ncc(C#N)cn3)c(N(CC3CC3)CC3CC3)nc21. The summed E-state index contributed by atoms with van der Waals surface area (Å²) >= 11 is 0. The molecule has 0 atom stereocenters. The Morgan fingerprint density at radius 2 is 1.46 bits per heavy atom. The molecule has 0 amide bonds. The largest absolute Gasteiger partial charge is 0.416 e. The second-order valence-corrected chi connectivity index (χ2v) is 12.2. The van der Waals surface area contributed by atoms with Crippen molar-refractivity contribution in [2.45, 2.75) is 71.5 Å². The third kappa shape index (κ3) is 7.03. The van der Waals surface area contributed by atoms with Gasteiger partial charge in [-0.05, 0) is 81.2 Å². The maximum absolute atomic E-state index is 13.7. The molecular formula is C32H32F6N8. The predicted octanol–water partition coefficient (Wildman–Crippen LogP) is 7.29. The number of benzene rings is 1. The highest BCUT2D eigenvalue weighted by molar-refractivity contribution is 5.82. The van der Waals surface area contributed by atoms with Crippen molar-refractivity contribution in [3.63, 3.8) is 0 Å². The van der Waals surface area contributed by atoms with Crippen LogP contribution in [0.5, 0.6) is 0 Å². The fourth-order valence-corrected chi connectivity index (χ4v) is 5.64. The number of pyridine rings is 1. The Balaban J connectivity index is 1.47. The molecule has 242 valence electrons. The van der Waals surface area contributed by atoms with Gasteiger partial charge in [-0.3, -0.25) is 0 Å². The van der Waals surface area contributed by atoms with E-state index in [1.165, 1.54) is 17.3 Å². The monoisotopic (exact) mass is 642 g/mol. The lowest BCUT2D eigenvalue weighted by molar-refractivity contribution is -0.143. The fourth-order valence-electron chi connectivity index (χ4n) is 5.64. The topological polar surface area (TPSA) is 86.8 Å². The molecule has 0 saturated heterocycles. The third-order valence-corrected chi connectivity index (χ3v) is 8.35. The number of hydrogen-bond donors (Lipinski definition) is 0. The smallest absolute Gasteiger partial charge is 0.356 e. The summed E-state index contributed by atoms with van der Waals surface area (Å²) in [6.07, 6.45) is -2.96. The van der Waals surface area contributed by atoms with E-state index in [1.54, 1.807) is 0 Å². The first-order valence-corrected chi connectivity index (χ1v) is 15.2. The van der Waals surface area contributed by atoms with Gasteiger partial charge in [0, 0.05) is 43.7 Å². The zero-order valence-corrected chi connectivity index (χ0v) is 25.3. The van der Waals surface area contributed by atoms with E-state index in [0.717, 1.165) is 67.5 Å². The summed E-state index contributed by atoms with van der Waals surface area (Å²) < 4.78 is 84.3. The van der Waals surface area contributed by atoms with Gasteiger partial charge in [-0.2, -0.15) is 36.7 Å². The van der Waals surface area contributed by atoms with Gasteiger partial charge >= 0.3 is 12.4 Å². The zero-order valence-electron chi connectivity index (χ0n) is 25.3. The molecule has 8 nitrogen and oxygen atoms in total. The lowest BCUT2D eigenvalue weighted by Crippen LogP contribution is -2.32. The highest BCUT2D eigenvalue weighted by Gasteiger charge is 2.37. The molecule has 0 aliphatic heterocycles. The summed E-state index contributed by atoms with van der Waals surface area (Å²) in [6, 6.07) is 5.44. The first kappa shape index (κ1) is 31.6. The van der Waals surface area contributed by atoms with Crippen LogP contribution in [0.1, 0.15) is 66.1 Å². The average Bonchev–Trinajstić information content (AvgIpc) is 3.96. The quantitative estimate of drug-likeness (QED) is 0.159. The van der Waals surface area contributed by atoms with Crippen LogP contribution in [-0.2, 0) is 32.0 Å². The van der Waals surface area contributed by atoms with Gasteiger partial charge in [0.05, 0.1) is 34.8 Å². The molecule has 2 aliphatic rings. The van der Waals surface area contributed by atoms with Crippen LogP contribution in [0.15, 0.2) is 36.7 Å². The van der Waals surface area contributed by atoms with E-state index < -0.39 is 23.5 Å².